The summed E-state index contributed by atoms with van der Waals surface area (Å²) in [6, 6.07) is 5.75. The second-order valence-corrected chi connectivity index (χ2v) is 4.69. The highest BCUT2D eigenvalue weighted by atomic mass is 16.5. The third kappa shape index (κ3) is 5.77. The van der Waals surface area contributed by atoms with E-state index in [1.807, 2.05) is 18.2 Å². The molecule has 0 amide bonds. The first-order valence-corrected chi connectivity index (χ1v) is 6.91. The van der Waals surface area contributed by atoms with Gasteiger partial charge in [0, 0.05) is 19.7 Å². The van der Waals surface area contributed by atoms with Crippen molar-refractivity contribution in [3.63, 3.8) is 0 Å². The Bertz CT molecular complexity index is 384. The molecule has 1 atom stereocenters. The molecular weight excluding hydrogens is 258 g/mol. The molecule has 0 bridgehead atoms. The molecule has 1 aromatic rings. The summed E-state index contributed by atoms with van der Waals surface area (Å²) in [5, 5.41) is 21.6. The van der Waals surface area contributed by atoms with Gasteiger partial charge in [0.25, 0.3) is 0 Å². The van der Waals surface area contributed by atoms with Gasteiger partial charge < -0.3 is 25.0 Å². The lowest BCUT2D eigenvalue weighted by Gasteiger charge is -2.13. The minimum atomic E-state index is -0.373. The van der Waals surface area contributed by atoms with Crippen molar-refractivity contribution in [3.8, 4) is 11.5 Å². The molecule has 1 rings (SSSR count). The summed E-state index contributed by atoms with van der Waals surface area (Å²) in [4.78, 5) is 0. The van der Waals surface area contributed by atoms with E-state index in [0.29, 0.717) is 31.0 Å². The Morgan fingerprint density at radius 3 is 2.55 bits per heavy atom. The van der Waals surface area contributed by atoms with Crippen LogP contribution >= 0.6 is 0 Å². The van der Waals surface area contributed by atoms with E-state index in [0.717, 1.165) is 18.4 Å². The smallest absolute Gasteiger partial charge is 0.161 e. The Balaban J connectivity index is 2.34. The predicted molar refractivity (Wildman–Crippen MR) is 78.2 cm³/mol. The quantitative estimate of drug-likeness (QED) is 0.565. The van der Waals surface area contributed by atoms with Crippen molar-refractivity contribution < 1.29 is 19.7 Å². The standard InChI is InChI=1S/C15H25NO4/c1-19-14-7-6-12(9-15(14)20-2)10-16-11-13(18)5-3-4-8-17/h6-7,9,13,16-18H,3-5,8,10-11H2,1-2H3. The van der Waals surface area contributed by atoms with E-state index < -0.39 is 0 Å². The van der Waals surface area contributed by atoms with E-state index in [2.05, 4.69) is 5.32 Å². The van der Waals surface area contributed by atoms with Crippen LogP contribution in [0.4, 0.5) is 0 Å². The minimum absolute atomic E-state index is 0.186. The van der Waals surface area contributed by atoms with Crippen LogP contribution in [0.25, 0.3) is 0 Å². The lowest BCUT2D eigenvalue weighted by molar-refractivity contribution is 0.154. The van der Waals surface area contributed by atoms with Crippen LogP contribution in [0.15, 0.2) is 18.2 Å². The van der Waals surface area contributed by atoms with Gasteiger partial charge in [-0.1, -0.05) is 6.07 Å². The lowest BCUT2D eigenvalue weighted by atomic mass is 10.1. The Morgan fingerprint density at radius 1 is 1.15 bits per heavy atom. The molecule has 20 heavy (non-hydrogen) atoms. The first-order valence-electron chi connectivity index (χ1n) is 6.91. The van der Waals surface area contributed by atoms with Gasteiger partial charge in [0.15, 0.2) is 11.5 Å². The zero-order valence-electron chi connectivity index (χ0n) is 12.3. The van der Waals surface area contributed by atoms with E-state index in [-0.39, 0.29) is 12.7 Å². The van der Waals surface area contributed by atoms with Crippen molar-refractivity contribution in [2.75, 3.05) is 27.4 Å². The molecule has 1 aromatic carbocycles. The van der Waals surface area contributed by atoms with Gasteiger partial charge in [-0.15, -0.1) is 0 Å². The average molecular weight is 283 g/mol. The van der Waals surface area contributed by atoms with Crippen molar-refractivity contribution in [2.45, 2.75) is 31.9 Å². The highest BCUT2D eigenvalue weighted by Crippen LogP contribution is 2.27. The van der Waals surface area contributed by atoms with Crippen molar-refractivity contribution in [3.05, 3.63) is 23.8 Å². The van der Waals surface area contributed by atoms with Gasteiger partial charge >= 0.3 is 0 Å². The average Bonchev–Trinajstić information content (AvgIpc) is 2.47. The number of unbranched alkanes of at least 4 members (excludes halogenated alkanes) is 1. The molecule has 0 heterocycles. The Morgan fingerprint density at radius 2 is 1.90 bits per heavy atom. The van der Waals surface area contributed by atoms with E-state index >= 15 is 0 Å². The Hall–Kier alpha value is -1.30. The molecule has 5 nitrogen and oxygen atoms in total. The van der Waals surface area contributed by atoms with Crippen LogP contribution in [0, 0.1) is 0 Å². The number of hydrogen-bond acceptors (Lipinski definition) is 5. The third-order valence-electron chi connectivity index (χ3n) is 3.10. The third-order valence-corrected chi connectivity index (χ3v) is 3.10. The van der Waals surface area contributed by atoms with Crippen molar-refractivity contribution in [1.82, 2.24) is 5.32 Å². The number of rotatable bonds is 10. The molecule has 0 aromatic heterocycles. The van der Waals surface area contributed by atoms with E-state index in [9.17, 15) is 5.11 Å². The van der Waals surface area contributed by atoms with Crippen LogP contribution in [-0.2, 0) is 6.54 Å². The van der Waals surface area contributed by atoms with Crippen molar-refractivity contribution in [1.29, 1.82) is 0 Å². The van der Waals surface area contributed by atoms with Gasteiger partial charge in [0.2, 0.25) is 0 Å². The summed E-state index contributed by atoms with van der Waals surface area (Å²) in [5.41, 5.74) is 1.07. The number of aliphatic hydroxyl groups is 2. The molecule has 0 fully saturated rings. The Labute approximate surface area is 120 Å². The SMILES string of the molecule is COc1ccc(CNCC(O)CCCCO)cc1OC. The second-order valence-electron chi connectivity index (χ2n) is 4.69. The Kier molecular flexibility index (Phi) is 8.02. The molecule has 3 N–H and O–H groups in total. The van der Waals surface area contributed by atoms with E-state index in [4.69, 9.17) is 14.6 Å². The van der Waals surface area contributed by atoms with Gasteiger partial charge in [-0.2, -0.15) is 0 Å². The van der Waals surface area contributed by atoms with Crippen LogP contribution < -0.4 is 14.8 Å². The van der Waals surface area contributed by atoms with Gasteiger partial charge in [0.05, 0.1) is 20.3 Å². The fourth-order valence-electron chi connectivity index (χ4n) is 1.97. The summed E-state index contributed by atoms with van der Waals surface area (Å²) in [7, 11) is 3.22. The maximum atomic E-state index is 9.75. The van der Waals surface area contributed by atoms with Gasteiger partial charge in [-0.05, 0) is 37.0 Å². The predicted octanol–water partition coefficient (Wildman–Crippen LogP) is 1.32. The number of hydrogen-bond donors (Lipinski definition) is 3. The molecule has 1 unspecified atom stereocenters. The number of methoxy groups -OCH3 is 2. The van der Waals surface area contributed by atoms with Crippen LogP contribution in [0.5, 0.6) is 11.5 Å². The summed E-state index contributed by atoms with van der Waals surface area (Å²) in [5.74, 6) is 1.41. The summed E-state index contributed by atoms with van der Waals surface area (Å²) >= 11 is 0. The second kappa shape index (κ2) is 9.58. The summed E-state index contributed by atoms with van der Waals surface area (Å²) in [6.07, 6.45) is 1.92. The highest BCUT2D eigenvalue weighted by molar-refractivity contribution is 5.42. The zero-order chi connectivity index (χ0) is 14.8. The van der Waals surface area contributed by atoms with Gasteiger partial charge in [0.1, 0.15) is 0 Å². The molecule has 114 valence electrons. The molecular formula is C15H25NO4. The minimum Gasteiger partial charge on any atom is -0.493 e. The van der Waals surface area contributed by atoms with Crippen molar-refractivity contribution >= 4 is 0 Å². The number of aliphatic hydroxyl groups excluding tert-OH is 2. The first-order chi connectivity index (χ1) is 9.71. The van der Waals surface area contributed by atoms with Crippen LogP contribution in [0.2, 0.25) is 0 Å². The van der Waals surface area contributed by atoms with Crippen LogP contribution in [0.1, 0.15) is 24.8 Å². The molecule has 0 spiro atoms. The lowest BCUT2D eigenvalue weighted by Crippen LogP contribution is -2.26. The van der Waals surface area contributed by atoms with E-state index in [1.54, 1.807) is 14.2 Å². The molecule has 0 saturated heterocycles. The largest absolute Gasteiger partial charge is 0.493 e. The number of ether oxygens (including phenoxy) is 2. The maximum absolute atomic E-state index is 9.75. The van der Waals surface area contributed by atoms with Crippen LogP contribution in [-0.4, -0.2) is 43.7 Å². The summed E-state index contributed by atoms with van der Waals surface area (Å²) in [6.45, 7) is 1.39. The van der Waals surface area contributed by atoms with Gasteiger partial charge in [-0.3, -0.25) is 0 Å². The normalized spacial score (nSPS) is 12.2. The topological polar surface area (TPSA) is 71.0 Å². The van der Waals surface area contributed by atoms with E-state index in [1.165, 1.54) is 0 Å². The molecule has 0 saturated carbocycles. The van der Waals surface area contributed by atoms with Crippen molar-refractivity contribution in [2.24, 2.45) is 0 Å². The fourth-order valence-corrected chi connectivity index (χ4v) is 1.97. The van der Waals surface area contributed by atoms with Gasteiger partial charge in [-0.25, -0.2) is 0 Å². The van der Waals surface area contributed by atoms with Crippen LogP contribution in [0.3, 0.4) is 0 Å². The highest BCUT2D eigenvalue weighted by Gasteiger charge is 2.06. The maximum Gasteiger partial charge on any atom is 0.161 e. The number of nitrogens with one attached hydrogen (secondary N) is 1. The number of benzene rings is 1. The first kappa shape index (κ1) is 16.8. The molecule has 5 heteroatoms. The molecule has 0 aliphatic carbocycles. The monoisotopic (exact) mass is 283 g/mol. The molecule has 0 aliphatic heterocycles. The fraction of sp³-hybridized carbons (Fsp3) is 0.600. The zero-order valence-corrected chi connectivity index (χ0v) is 12.3. The summed E-state index contributed by atoms with van der Waals surface area (Å²) < 4.78 is 10.4. The molecule has 0 aliphatic rings. The molecule has 0 radical (unpaired) electrons.